The van der Waals surface area contributed by atoms with Crippen molar-refractivity contribution in [2.75, 3.05) is 46.0 Å². The molecule has 4 N–H and O–H groups in total. The molecule has 0 saturated heterocycles. The SMILES string of the molecule is C.CC.CC.CC.CP.CS.Cc1ccc(S(=O)(=O)OCCOCCOCC#Cc2ccc(/C=C(\C(O)C(C)(C)C)N(N)C=N)cc2)cc1. The molecule has 2 unspecified atom stereocenters. The molecule has 0 spiro atoms. The van der Waals surface area contributed by atoms with Gasteiger partial charge in [0.1, 0.15) is 19.0 Å². The van der Waals surface area contributed by atoms with Crippen LogP contribution in [0.15, 0.2) is 59.1 Å². The maximum Gasteiger partial charge on any atom is 0.297 e. The first-order valence-electron chi connectivity index (χ1n) is 16.1. The molecule has 9 nitrogen and oxygen atoms in total. The van der Waals surface area contributed by atoms with Gasteiger partial charge in [0.15, 0.2) is 0 Å². The standard InChI is InChI=1S/C28H37N3O6S.3C2H6.CH5P.CH4S.CH4/c1-22-7-13-25(14-8-22)38(33,34)37-19-18-36-17-16-35-15-5-6-23-9-11-24(12-10-23)20-26(31(30)21-29)27(32)28(2,3)4;5*1-2;/h7-14,20-21,27,29,32H,15-19,30H2,1-4H3;3*1-2H3;2H2,1H3;2H,1H3;1H4/b26-20+,29-21?;;;;;;. The molecule has 0 aliphatic rings. The number of nitrogens with two attached hydrogens (primary N) is 1. The summed E-state index contributed by atoms with van der Waals surface area (Å²) in [6.45, 7) is 22.3. The highest BCUT2D eigenvalue weighted by Crippen LogP contribution is 2.27. The zero-order chi connectivity index (χ0) is 38.2. The summed E-state index contributed by atoms with van der Waals surface area (Å²) in [7, 11) is -1.38. The molecule has 0 aromatic heterocycles. The molecule has 2 rings (SSSR count). The number of nitrogens with one attached hydrogen (secondary N) is 1. The van der Waals surface area contributed by atoms with Crippen LogP contribution in [0.2, 0.25) is 0 Å². The van der Waals surface area contributed by atoms with Crippen molar-refractivity contribution < 1.29 is 27.2 Å². The van der Waals surface area contributed by atoms with Crippen molar-refractivity contribution in [1.82, 2.24) is 5.01 Å². The number of hydrogen-bond donors (Lipinski definition) is 4. The average molecular weight is 746 g/mol. The fourth-order valence-corrected chi connectivity index (χ4v) is 4.00. The third kappa shape index (κ3) is 26.2. The zero-order valence-electron chi connectivity index (χ0n) is 31.3. The molecule has 0 radical (unpaired) electrons. The third-order valence-electron chi connectivity index (χ3n) is 5.32. The van der Waals surface area contributed by atoms with Crippen molar-refractivity contribution in [1.29, 1.82) is 5.41 Å². The fraction of sp³-hybridized carbons (Fsp3) is 0.541. The molecule has 284 valence electrons. The molecular weight excluding hydrogens is 678 g/mol. The minimum atomic E-state index is -3.79. The maximum atomic E-state index is 12.1. The highest BCUT2D eigenvalue weighted by atomic mass is 32.2. The predicted molar refractivity (Wildman–Crippen MR) is 219 cm³/mol. The molecule has 0 amide bonds. The Kier molecular flexibility index (Phi) is 40.7. The minimum absolute atomic E-state index is 0. The number of ether oxygens (including phenoxy) is 2. The van der Waals surface area contributed by atoms with Crippen LogP contribution in [0.25, 0.3) is 6.08 Å². The molecule has 0 heterocycles. The Morgan fingerprint density at radius 2 is 1.41 bits per heavy atom. The van der Waals surface area contributed by atoms with E-state index in [2.05, 4.69) is 33.7 Å². The monoisotopic (exact) mass is 745 g/mol. The lowest BCUT2D eigenvalue weighted by Crippen LogP contribution is -2.40. The smallest absolute Gasteiger partial charge is 0.297 e. The van der Waals surface area contributed by atoms with Gasteiger partial charge in [-0.1, -0.05) is 118 Å². The summed E-state index contributed by atoms with van der Waals surface area (Å²) >= 11 is 3.53. The molecule has 2 aromatic carbocycles. The largest absolute Gasteiger partial charge is 0.386 e. The van der Waals surface area contributed by atoms with Crippen LogP contribution >= 0.6 is 21.9 Å². The number of rotatable bonds is 13. The van der Waals surface area contributed by atoms with E-state index >= 15 is 0 Å². The lowest BCUT2D eigenvalue weighted by molar-refractivity contribution is 0.0471. The number of aryl methyl sites for hydroxylation is 1. The zero-order valence-corrected chi connectivity index (χ0v) is 34.2. The number of thiol groups is 1. The summed E-state index contributed by atoms with van der Waals surface area (Å²) < 4.78 is 39.9. The van der Waals surface area contributed by atoms with Gasteiger partial charge < -0.3 is 14.6 Å². The first-order valence-corrected chi connectivity index (χ1v) is 19.6. The topological polar surface area (TPSA) is 135 Å². The number of benzene rings is 2. The van der Waals surface area contributed by atoms with E-state index < -0.39 is 21.6 Å². The Morgan fingerprint density at radius 1 is 0.939 bits per heavy atom. The lowest BCUT2D eigenvalue weighted by Gasteiger charge is -2.31. The molecule has 0 saturated carbocycles. The second-order valence-electron chi connectivity index (χ2n) is 9.55. The van der Waals surface area contributed by atoms with Gasteiger partial charge in [-0.2, -0.15) is 21.0 Å². The van der Waals surface area contributed by atoms with Crippen molar-refractivity contribution in [3.63, 3.8) is 0 Å². The molecular formula is C37H68N3O6PS2. The number of hydrazine groups is 1. The summed E-state index contributed by atoms with van der Waals surface area (Å²) in [4.78, 5) is 0.116. The van der Waals surface area contributed by atoms with Crippen molar-refractivity contribution in [3.8, 4) is 11.8 Å². The highest BCUT2D eigenvalue weighted by Gasteiger charge is 2.28. The molecule has 0 aliphatic heterocycles. The normalized spacial score (nSPS) is 10.7. The summed E-state index contributed by atoms with van der Waals surface area (Å²) in [5.41, 5.74) is 2.55. The van der Waals surface area contributed by atoms with Gasteiger partial charge in [0, 0.05) is 5.56 Å². The Hall–Kier alpha value is -2.26. The molecule has 12 heteroatoms. The van der Waals surface area contributed by atoms with Crippen molar-refractivity contribution >= 4 is 44.4 Å². The number of aliphatic hydroxyl groups excluding tert-OH is 1. The van der Waals surface area contributed by atoms with E-state index in [1.807, 2.05) is 100 Å². The number of aliphatic hydroxyl groups is 1. The number of hydrogen-bond acceptors (Lipinski definition) is 9. The maximum absolute atomic E-state index is 12.1. The average Bonchev–Trinajstić information content (AvgIpc) is 3.12. The first-order chi connectivity index (χ1) is 22.9. The van der Waals surface area contributed by atoms with Gasteiger partial charge in [-0.25, -0.2) is 5.84 Å². The van der Waals surface area contributed by atoms with Crippen molar-refractivity contribution in [3.05, 3.63) is 70.9 Å². The van der Waals surface area contributed by atoms with Crippen LogP contribution in [0.5, 0.6) is 0 Å². The van der Waals surface area contributed by atoms with Crippen LogP contribution in [0, 0.1) is 29.6 Å². The Bertz CT molecular complexity index is 1240. The molecule has 0 aliphatic carbocycles. The van der Waals surface area contributed by atoms with Crippen molar-refractivity contribution in [2.24, 2.45) is 11.3 Å². The van der Waals surface area contributed by atoms with Gasteiger partial charge in [-0.15, -0.1) is 9.24 Å². The highest BCUT2D eigenvalue weighted by molar-refractivity contribution is 7.86. The second kappa shape index (κ2) is 35.6. The Morgan fingerprint density at radius 3 is 1.88 bits per heavy atom. The van der Waals surface area contributed by atoms with Crippen LogP contribution in [-0.4, -0.2) is 76.9 Å². The van der Waals surface area contributed by atoms with Gasteiger partial charge in [-0.05, 0) is 54.5 Å². The van der Waals surface area contributed by atoms with E-state index in [1.54, 1.807) is 24.5 Å². The van der Waals surface area contributed by atoms with Crippen molar-refractivity contribution in [2.45, 2.75) is 87.7 Å². The number of nitrogens with zero attached hydrogens (tertiary/aromatic N) is 1. The van der Waals surface area contributed by atoms with E-state index in [9.17, 15) is 13.5 Å². The lowest BCUT2D eigenvalue weighted by atomic mass is 9.86. The van der Waals surface area contributed by atoms with E-state index in [-0.39, 0.29) is 38.7 Å². The van der Waals surface area contributed by atoms with Crippen LogP contribution in [0.4, 0.5) is 0 Å². The molecule has 0 bridgehead atoms. The van der Waals surface area contributed by atoms with E-state index in [0.717, 1.165) is 28.0 Å². The molecule has 0 fully saturated rings. The van der Waals surface area contributed by atoms with E-state index in [4.69, 9.17) is 24.9 Å². The molecule has 49 heavy (non-hydrogen) atoms. The third-order valence-corrected chi connectivity index (χ3v) is 6.64. The van der Waals surface area contributed by atoms with Gasteiger partial charge in [0.25, 0.3) is 10.1 Å². The predicted octanol–water partition coefficient (Wildman–Crippen LogP) is 8.07. The van der Waals surface area contributed by atoms with Gasteiger partial charge in [0.05, 0.1) is 37.0 Å². The Labute approximate surface area is 308 Å². The fourth-order valence-electron chi connectivity index (χ4n) is 3.10. The Balaban J connectivity index is -0.000000536. The van der Waals surface area contributed by atoms with E-state index in [1.165, 1.54) is 12.1 Å². The van der Waals surface area contributed by atoms with Gasteiger partial charge in [-0.3, -0.25) is 14.6 Å². The quantitative estimate of drug-likeness (QED) is 0.0186. The second-order valence-corrected chi connectivity index (χ2v) is 11.2. The van der Waals surface area contributed by atoms with Gasteiger partial charge in [0.2, 0.25) is 0 Å². The van der Waals surface area contributed by atoms with Crippen LogP contribution in [0.1, 0.15) is 86.4 Å². The van der Waals surface area contributed by atoms with Crippen LogP contribution in [0.3, 0.4) is 0 Å². The summed E-state index contributed by atoms with van der Waals surface area (Å²) in [6, 6.07) is 13.8. The van der Waals surface area contributed by atoms with Crippen LogP contribution in [-0.2, 0) is 23.8 Å². The first kappa shape index (κ1) is 56.1. The minimum Gasteiger partial charge on any atom is -0.386 e. The molecule has 2 aromatic rings. The van der Waals surface area contributed by atoms with Gasteiger partial charge >= 0.3 is 0 Å². The summed E-state index contributed by atoms with van der Waals surface area (Å²) in [5, 5.41) is 19.1. The molecule has 2 atom stereocenters. The summed E-state index contributed by atoms with van der Waals surface area (Å²) in [5.74, 6) is 11.8. The summed E-state index contributed by atoms with van der Waals surface area (Å²) in [6.07, 6.45) is 3.54. The van der Waals surface area contributed by atoms with E-state index in [0.29, 0.717) is 12.3 Å². The van der Waals surface area contributed by atoms with Crippen LogP contribution < -0.4 is 5.84 Å².